The van der Waals surface area contributed by atoms with Gasteiger partial charge >= 0.3 is 0 Å². The van der Waals surface area contributed by atoms with E-state index in [4.69, 9.17) is 0 Å². The summed E-state index contributed by atoms with van der Waals surface area (Å²) in [7, 11) is 0. The summed E-state index contributed by atoms with van der Waals surface area (Å²) in [4.78, 5) is 0. The van der Waals surface area contributed by atoms with Crippen LogP contribution in [0.15, 0.2) is 78.9 Å². The number of rotatable bonds is 4. The first-order valence-corrected chi connectivity index (χ1v) is 9.31. The Morgan fingerprint density at radius 2 is 1.19 bits per heavy atom. The molecule has 0 aliphatic carbocycles. The van der Waals surface area contributed by atoms with Gasteiger partial charge in [-0.1, -0.05) is 86.1 Å². The zero-order valence-corrected chi connectivity index (χ0v) is 15.9. The molecule has 0 saturated carbocycles. The van der Waals surface area contributed by atoms with Crippen molar-refractivity contribution in [3.63, 3.8) is 0 Å². The van der Waals surface area contributed by atoms with E-state index in [-0.39, 0.29) is 0 Å². The quantitative estimate of drug-likeness (QED) is 0.448. The van der Waals surface area contributed by atoms with Crippen molar-refractivity contribution < 1.29 is 0 Å². The molecule has 0 spiro atoms. The lowest BCUT2D eigenvalue weighted by atomic mass is 10.0. The van der Waals surface area contributed by atoms with Crippen LogP contribution in [0.4, 0.5) is 0 Å². The Bertz CT molecular complexity index is 1030. The Morgan fingerprint density at radius 3 is 1.70 bits per heavy atom. The standard InChI is InChI=1S/C24H23N3/c1-17(2)19-13-15-21(16-14-19)24-26-25-23(20-11-9-18(3)10-12-20)27(24)22-7-5-4-6-8-22/h4-17H,1-3H3. The SMILES string of the molecule is Cc1ccc(-c2nnc(-c3ccc(C(C)C)cc3)n2-c2ccccc2)cc1. The predicted molar refractivity (Wildman–Crippen MR) is 111 cm³/mol. The molecule has 0 saturated heterocycles. The van der Waals surface area contributed by atoms with Gasteiger partial charge in [-0.3, -0.25) is 4.57 Å². The fraction of sp³-hybridized carbons (Fsp3) is 0.167. The topological polar surface area (TPSA) is 30.7 Å². The van der Waals surface area contributed by atoms with Gasteiger partial charge in [0.25, 0.3) is 0 Å². The molecule has 27 heavy (non-hydrogen) atoms. The van der Waals surface area contributed by atoms with Crippen LogP contribution in [0, 0.1) is 6.92 Å². The van der Waals surface area contributed by atoms with E-state index in [0.717, 1.165) is 28.5 Å². The number of hydrogen-bond donors (Lipinski definition) is 0. The van der Waals surface area contributed by atoms with E-state index in [1.807, 2.05) is 18.2 Å². The molecule has 0 unspecified atom stereocenters. The fourth-order valence-electron chi connectivity index (χ4n) is 3.20. The highest BCUT2D eigenvalue weighted by Gasteiger charge is 2.17. The van der Waals surface area contributed by atoms with Crippen LogP contribution in [-0.4, -0.2) is 14.8 Å². The van der Waals surface area contributed by atoms with E-state index >= 15 is 0 Å². The van der Waals surface area contributed by atoms with E-state index in [1.54, 1.807) is 0 Å². The Kier molecular flexibility index (Phi) is 4.59. The average molecular weight is 353 g/mol. The normalized spacial score (nSPS) is 11.1. The largest absolute Gasteiger partial charge is 0.275 e. The number of nitrogens with zero attached hydrogens (tertiary/aromatic N) is 3. The molecule has 0 aliphatic heterocycles. The Morgan fingerprint density at radius 1 is 0.667 bits per heavy atom. The van der Waals surface area contributed by atoms with Gasteiger partial charge in [0.05, 0.1) is 0 Å². The van der Waals surface area contributed by atoms with Crippen molar-refractivity contribution >= 4 is 0 Å². The second-order valence-corrected chi connectivity index (χ2v) is 7.16. The number of hydrogen-bond acceptors (Lipinski definition) is 2. The lowest BCUT2D eigenvalue weighted by Crippen LogP contribution is -2.00. The van der Waals surface area contributed by atoms with Crippen LogP contribution in [0.2, 0.25) is 0 Å². The molecular formula is C24H23N3. The Balaban J connectivity index is 1.88. The minimum Gasteiger partial charge on any atom is -0.275 e. The van der Waals surface area contributed by atoms with Crippen LogP contribution >= 0.6 is 0 Å². The summed E-state index contributed by atoms with van der Waals surface area (Å²) in [5, 5.41) is 9.09. The maximum atomic E-state index is 4.55. The van der Waals surface area contributed by atoms with Crippen LogP contribution < -0.4 is 0 Å². The third-order valence-electron chi connectivity index (χ3n) is 4.82. The third kappa shape index (κ3) is 3.41. The van der Waals surface area contributed by atoms with Crippen LogP contribution in [-0.2, 0) is 0 Å². The third-order valence-corrected chi connectivity index (χ3v) is 4.82. The molecule has 1 heterocycles. The lowest BCUT2D eigenvalue weighted by molar-refractivity contribution is 0.866. The molecule has 0 bridgehead atoms. The second-order valence-electron chi connectivity index (χ2n) is 7.16. The van der Waals surface area contributed by atoms with Crippen molar-refractivity contribution in [2.45, 2.75) is 26.7 Å². The van der Waals surface area contributed by atoms with Crippen LogP contribution in [0.1, 0.15) is 30.9 Å². The van der Waals surface area contributed by atoms with Gasteiger partial charge in [-0.25, -0.2) is 0 Å². The van der Waals surface area contributed by atoms with Gasteiger partial charge in [-0.2, -0.15) is 0 Å². The number of aryl methyl sites for hydroxylation is 1. The predicted octanol–water partition coefficient (Wildman–Crippen LogP) is 6.03. The van der Waals surface area contributed by atoms with Gasteiger partial charge in [0.2, 0.25) is 0 Å². The van der Waals surface area contributed by atoms with Crippen molar-refractivity contribution in [3.05, 3.63) is 90.0 Å². The number of aromatic nitrogens is 3. The van der Waals surface area contributed by atoms with Crippen molar-refractivity contribution in [2.75, 3.05) is 0 Å². The average Bonchev–Trinajstić information content (AvgIpc) is 3.14. The first-order chi connectivity index (χ1) is 13.1. The molecule has 0 amide bonds. The van der Waals surface area contributed by atoms with Gasteiger partial charge in [0.15, 0.2) is 11.6 Å². The lowest BCUT2D eigenvalue weighted by Gasteiger charge is -2.12. The first kappa shape index (κ1) is 17.2. The zero-order valence-electron chi connectivity index (χ0n) is 15.9. The second kappa shape index (κ2) is 7.20. The molecule has 0 atom stereocenters. The molecule has 4 aromatic rings. The van der Waals surface area contributed by atoms with E-state index in [0.29, 0.717) is 5.92 Å². The van der Waals surface area contributed by atoms with E-state index in [9.17, 15) is 0 Å². The Hall–Kier alpha value is -3.20. The summed E-state index contributed by atoms with van der Waals surface area (Å²) in [5.74, 6) is 2.21. The zero-order chi connectivity index (χ0) is 18.8. The van der Waals surface area contributed by atoms with Crippen molar-refractivity contribution in [2.24, 2.45) is 0 Å². The highest BCUT2D eigenvalue weighted by molar-refractivity contribution is 5.67. The summed E-state index contributed by atoms with van der Waals surface area (Å²) >= 11 is 0. The minimum atomic E-state index is 0.508. The van der Waals surface area contributed by atoms with Gasteiger partial charge in [0.1, 0.15) is 0 Å². The van der Waals surface area contributed by atoms with Gasteiger partial charge < -0.3 is 0 Å². The summed E-state index contributed by atoms with van der Waals surface area (Å²) in [6.07, 6.45) is 0. The minimum absolute atomic E-state index is 0.508. The summed E-state index contributed by atoms with van der Waals surface area (Å²) in [5.41, 5.74) is 5.73. The van der Waals surface area contributed by atoms with Crippen LogP contribution in [0.3, 0.4) is 0 Å². The van der Waals surface area contributed by atoms with Crippen molar-refractivity contribution in [1.29, 1.82) is 0 Å². The van der Waals surface area contributed by atoms with Gasteiger partial charge in [-0.05, 0) is 30.5 Å². The van der Waals surface area contributed by atoms with Crippen LogP contribution in [0.5, 0.6) is 0 Å². The summed E-state index contributed by atoms with van der Waals surface area (Å²) < 4.78 is 2.13. The van der Waals surface area contributed by atoms with Gasteiger partial charge in [-0.15, -0.1) is 10.2 Å². The molecule has 4 rings (SSSR count). The van der Waals surface area contributed by atoms with Crippen LogP contribution in [0.25, 0.3) is 28.5 Å². The number of benzene rings is 3. The molecule has 3 nitrogen and oxygen atoms in total. The molecule has 0 N–H and O–H groups in total. The monoisotopic (exact) mass is 353 g/mol. The summed E-state index contributed by atoms with van der Waals surface area (Å²) in [6, 6.07) is 27.3. The van der Waals surface area contributed by atoms with E-state index < -0.39 is 0 Å². The molecule has 3 heteroatoms. The number of para-hydroxylation sites is 1. The van der Waals surface area contributed by atoms with E-state index in [1.165, 1.54) is 11.1 Å². The Labute approximate surface area is 160 Å². The fourth-order valence-corrected chi connectivity index (χ4v) is 3.20. The highest BCUT2D eigenvalue weighted by Crippen LogP contribution is 2.29. The molecule has 3 aromatic carbocycles. The molecular weight excluding hydrogens is 330 g/mol. The van der Waals surface area contributed by atoms with Crippen molar-refractivity contribution in [3.8, 4) is 28.5 Å². The maximum absolute atomic E-state index is 4.55. The molecule has 134 valence electrons. The maximum Gasteiger partial charge on any atom is 0.168 e. The smallest absolute Gasteiger partial charge is 0.168 e. The summed E-state index contributed by atoms with van der Waals surface area (Å²) in [6.45, 7) is 6.50. The highest BCUT2D eigenvalue weighted by atomic mass is 15.3. The molecule has 1 aromatic heterocycles. The van der Waals surface area contributed by atoms with Crippen molar-refractivity contribution in [1.82, 2.24) is 14.8 Å². The van der Waals surface area contributed by atoms with Gasteiger partial charge in [0, 0.05) is 16.8 Å². The molecule has 0 radical (unpaired) electrons. The van der Waals surface area contributed by atoms with E-state index in [2.05, 4.69) is 96.2 Å². The first-order valence-electron chi connectivity index (χ1n) is 9.31. The molecule has 0 fully saturated rings. The molecule has 0 aliphatic rings.